The maximum atomic E-state index is 10.7. The highest BCUT2D eigenvalue weighted by atomic mass is 16.5. The molecule has 1 atom stereocenters. The first kappa shape index (κ1) is 14.3. The van der Waals surface area contributed by atoms with E-state index in [1.165, 1.54) is 0 Å². The number of anilines is 1. The van der Waals surface area contributed by atoms with E-state index in [9.17, 15) is 4.79 Å². The molecule has 5 heteroatoms. The van der Waals surface area contributed by atoms with Gasteiger partial charge in [0, 0.05) is 12.2 Å². The molecule has 1 rings (SSSR count). The summed E-state index contributed by atoms with van der Waals surface area (Å²) in [6, 6.07) is 1.02. The van der Waals surface area contributed by atoms with Gasteiger partial charge in [0.1, 0.15) is 11.8 Å². The fourth-order valence-corrected chi connectivity index (χ4v) is 1.83. The molecule has 1 aromatic carbocycles. The molecule has 1 aromatic rings. The van der Waals surface area contributed by atoms with E-state index in [1.54, 1.807) is 7.11 Å². The Hall–Kier alpha value is -1.75. The van der Waals surface area contributed by atoms with E-state index < -0.39 is 12.0 Å². The predicted molar refractivity (Wildman–Crippen MR) is 71.3 cm³/mol. The molecular formula is C13H20N2O3. The first-order chi connectivity index (χ1) is 8.38. The second-order valence-corrected chi connectivity index (χ2v) is 4.35. The summed E-state index contributed by atoms with van der Waals surface area (Å²) in [4.78, 5) is 10.7. The largest absolute Gasteiger partial charge is 0.496 e. The number of nitrogens with one attached hydrogen (secondary N) is 1. The Morgan fingerprint density at radius 3 is 2.56 bits per heavy atom. The number of carbonyl (C=O) groups is 1. The van der Waals surface area contributed by atoms with Crippen molar-refractivity contribution in [3.8, 4) is 5.75 Å². The van der Waals surface area contributed by atoms with Crippen LogP contribution >= 0.6 is 0 Å². The number of aliphatic carboxylic acids is 1. The average Bonchev–Trinajstić information content (AvgIpc) is 2.33. The molecule has 0 radical (unpaired) electrons. The van der Waals surface area contributed by atoms with Crippen molar-refractivity contribution in [1.82, 2.24) is 0 Å². The van der Waals surface area contributed by atoms with E-state index in [0.717, 1.165) is 28.1 Å². The number of hydrogen-bond acceptors (Lipinski definition) is 4. The van der Waals surface area contributed by atoms with Crippen LogP contribution in [0.5, 0.6) is 5.75 Å². The number of carboxylic acids is 1. The Kier molecular flexibility index (Phi) is 4.55. The summed E-state index contributed by atoms with van der Waals surface area (Å²) >= 11 is 0. The SMILES string of the molecule is COc1cc(C)c(NCC(N)C(=O)O)c(C)c1C. The van der Waals surface area contributed by atoms with Crippen LogP contribution < -0.4 is 15.8 Å². The zero-order chi connectivity index (χ0) is 13.9. The molecule has 0 aliphatic heterocycles. The van der Waals surface area contributed by atoms with Crippen molar-refractivity contribution < 1.29 is 14.6 Å². The van der Waals surface area contributed by atoms with Crippen molar-refractivity contribution in [1.29, 1.82) is 0 Å². The number of benzene rings is 1. The number of nitrogens with two attached hydrogens (primary N) is 1. The van der Waals surface area contributed by atoms with Crippen molar-refractivity contribution in [3.63, 3.8) is 0 Å². The molecule has 100 valence electrons. The Labute approximate surface area is 107 Å². The predicted octanol–water partition coefficient (Wildman–Crippen LogP) is 1.44. The highest BCUT2D eigenvalue weighted by molar-refractivity contribution is 5.74. The fourth-order valence-electron chi connectivity index (χ4n) is 1.83. The van der Waals surface area contributed by atoms with Crippen LogP contribution in [-0.2, 0) is 4.79 Å². The molecule has 0 aliphatic rings. The van der Waals surface area contributed by atoms with Crippen molar-refractivity contribution in [2.75, 3.05) is 19.0 Å². The standard InChI is InChI=1S/C13H20N2O3/c1-7-5-11(18-4)8(2)9(3)12(7)15-6-10(14)13(16)17/h5,10,15H,6,14H2,1-4H3,(H,16,17). The Bertz CT molecular complexity index is 458. The van der Waals surface area contributed by atoms with E-state index in [-0.39, 0.29) is 6.54 Å². The second kappa shape index (κ2) is 5.73. The second-order valence-electron chi connectivity index (χ2n) is 4.35. The molecule has 0 saturated heterocycles. The number of hydrogen-bond donors (Lipinski definition) is 3. The van der Waals surface area contributed by atoms with Crippen molar-refractivity contribution in [2.45, 2.75) is 26.8 Å². The van der Waals surface area contributed by atoms with Crippen molar-refractivity contribution in [2.24, 2.45) is 5.73 Å². The molecule has 0 saturated carbocycles. The van der Waals surface area contributed by atoms with Gasteiger partial charge in [-0.3, -0.25) is 4.79 Å². The summed E-state index contributed by atoms with van der Waals surface area (Å²) in [6.45, 7) is 6.09. The van der Waals surface area contributed by atoms with Gasteiger partial charge in [0.05, 0.1) is 7.11 Å². The summed E-state index contributed by atoms with van der Waals surface area (Å²) in [5, 5.41) is 11.8. The summed E-state index contributed by atoms with van der Waals surface area (Å²) in [6.07, 6.45) is 0. The zero-order valence-electron chi connectivity index (χ0n) is 11.2. The third kappa shape index (κ3) is 2.92. The van der Waals surface area contributed by atoms with Crippen LogP contribution in [0.4, 0.5) is 5.69 Å². The van der Waals surface area contributed by atoms with Gasteiger partial charge in [-0.25, -0.2) is 0 Å². The van der Waals surface area contributed by atoms with E-state index in [0.29, 0.717) is 0 Å². The van der Waals surface area contributed by atoms with Crippen LogP contribution in [0.3, 0.4) is 0 Å². The van der Waals surface area contributed by atoms with Crippen LogP contribution in [-0.4, -0.2) is 30.8 Å². The van der Waals surface area contributed by atoms with Gasteiger partial charge >= 0.3 is 5.97 Å². The molecule has 1 unspecified atom stereocenters. The molecular weight excluding hydrogens is 232 g/mol. The van der Waals surface area contributed by atoms with Crippen molar-refractivity contribution in [3.05, 3.63) is 22.8 Å². The quantitative estimate of drug-likeness (QED) is 0.738. The van der Waals surface area contributed by atoms with Gasteiger partial charge < -0.3 is 20.9 Å². The normalized spacial score (nSPS) is 12.1. The third-order valence-corrected chi connectivity index (χ3v) is 3.08. The van der Waals surface area contributed by atoms with Gasteiger partial charge in [0.15, 0.2) is 0 Å². The maximum Gasteiger partial charge on any atom is 0.322 e. The molecule has 0 aromatic heterocycles. The summed E-state index contributed by atoms with van der Waals surface area (Å²) in [5.41, 5.74) is 9.48. The van der Waals surface area contributed by atoms with Crippen molar-refractivity contribution >= 4 is 11.7 Å². The Morgan fingerprint density at radius 1 is 1.44 bits per heavy atom. The minimum atomic E-state index is -1.01. The molecule has 0 fully saturated rings. The van der Waals surface area contributed by atoms with Crippen LogP contribution in [0.15, 0.2) is 6.07 Å². The fraction of sp³-hybridized carbons (Fsp3) is 0.462. The van der Waals surface area contributed by atoms with Gasteiger partial charge in [-0.05, 0) is 43.5 Å². The number of aryl methyl sites for hydroxylation is 1. The molecule has 0 amide bonds. The van der Waals surface area contributed by atoms with Gasteiger partial charge in [0.25, 0.3) is 0 Å². The van der Waals surface area contributed by atoms with Gasteiger partial charge in [0.2, 0.25) is 0 Å². The van der Waals surface area contributed by atoms with Gasteiger partial charge in [-0.2, -0.15) is 0 Å². The summed E-state index contributed by atoms with van der Waals surface area (Å²) in [5.74, 6) is -0.180. The Morgan fingerprint density at radius 2 is 2.06 bits per heavy atom. The van der Waals surface area contributed by atoms with E-state index in [2.05, 4.69) is 5.32 Å². The number of rotatable bonds is 5. The number of methoxy groups -OCH3 is 1. The smallest absolute Gasteiger partial charge is 0.322 e. The maximum absolute atomic E-state index is 10.7. The Balaban J connectivity index is 2.96. The third-order valence-electron chi connectivity index (χ3n) is 3.08. The highest BCUT2D eigenvalue weighted by Gasteiger charge is 2.14. The zero-order valence-corrected chi connectivity index (χ0v) is 11.2. The minimum absolute atomic E-state index is 0.197. The first-order valence-corrected chi connectivity index (χ1v) is 5.75. The van der Waals surface area contributed by atoms with E-state index in [1.807, 2.05) is 26.8 Å². The molecule has 0 spiro atoms. The van der Waals surface area contributed by atoms with Crippen LogP contribution in [0, 0.1) is 20.8 Å². The lowest BCUT2D eigenvalue weighted by Crippen LogP contribution is -2.37. The molecule has 0 heterocycles. The molecule has 0 aliphatic carbocycles. The highest BCUT2D eigenvalue weighted by Crippen LogP contribution is 2.30. The summed E-state index contributed by atoms with van der Waals surface area (Å²) in [7, 11) is 1.63. The topological polar surface area (TPSA) is 84.6 Å². The minimum Gasteiger partial charge on any atom is -0.496 e. The van der Waals surface area contributed by atoms with Gasteiger partial charge in [-0.15, -0.1) is 0 Å². The lowest BCUT2D eigenvalue weighted by molar-refractivity contribution is -0.138. The lowest BCUT2D eigenvalue weighted by atomic mass is 10.0. The summed E-state index contributed by atoms with van der Waals surface area (Å²) < 4.78 is 5.28. The number of ether oxygens (including phenoxy) is 1. The van der Waals surface area contributed by atoms with Crippen LogP contribution in [0.2, 0.25) is 0 Å². The first-order valence-electron chi connectivity index (χ1n) is 5.75. The molecule has 4 N–H and O–H groups in total. The van der Waals surface area contributed by atoms with Gasteiger partial charge in [-0.1, -0.05) is 0 Å². The van der Waals surface area contributed by atoms with E-state index in [4.69, 9.17) is 15.6 Å². The molecule has 18 heavy (non-hydrogen) atoms. The molecule has 5 nitrogen and oxygen atoms in total. The molecule has 0 bridgehead atoms. The van der Waals surface area contributed by atoms with E-state index >= 15 is 0 Å². The lowest BCUT2D eigenvalue weighted by Gasteiger charge is -2.18. The van der Waals surface area contributed by atoms with Crippen LogP contribution in [0.1, 0.15) is 16.7 Å². The monoisotopic (exact) mass is 252 g/mol. The van der Waals surface area contributed by atoms with Crippen LogP contribution in [0.25, 0.3) is 0 Å². The number of carboxylic acid groups (broad SMARTS) is 1. The average molecular weight is 252 g/mol.